The summed E-state index contributed by atoms with van der Waals surface area (Å²) in [7, 11) is 0. The summed E-state index contributed by atoms with van der Waals surface area (Å²) in [5.74, 6) is -0.606. The van der Waals surface area contributed by atoms with Gasteiger partial charge in [-0.1, -0.05) is 155 Å². The van der Waals surface area contributed by atoms with E-state index in [-0.39, 0.29) is 58.4 Å². The minimum Gasteiger partial charge on any atom is -0.664 e. The summed E-state index contributed by atoms with van der Waals surface area (Å²) in [4.78, 5) is 66.7. The molecule has 13 aliphatic rings. The molecule has 1 N–H and O–H groups in total. The molecule has 0 amide bonds. The number of hydrogen-bond donors (Lipinski definition) is 1. The third-order valence-corrected chi connectivity index (χ3v) is 27.6. The van der Waals surface area contributed by atoms with Gasteiger partial charge >= 0.3 is 64.3 Å². The Kier molecular flexibility index (Phi) is 21.3. The van der Waals surface area contributed by atoms with Gasteiger partial charge in [0.2, 0.25) is 22.8 Å². The van der Waals surface area contributed by atoms with Gasteiger partial charge in [0.15, 0.2) is 0 Å². The molecule has 636 valence electrons. The molecule has 24 heterocycles. The van der Waals surface area contributed by atoms with E-state index in [0.717, 1.165) is 213 Å². The Hall–Kier alpha value is -15.4. The molecule has 3 aromatic carbocycles. The van der Waals surface area contributed by atoms with E-state index in [0.29, 0.717) is 0 Å². The number of aliphatic imine (C=N–C) groups is 3. The maximum atomic E-state index is 5.13. The summed E-state index contributed by atoms with van der Waals surface area (Å²) < 4.78 is 10.4. The first-order chi connectivity index (χ1) is 65.1. The summed E-state index contributed by atoms with van der Waals surface area (Å²) in [6, 6.07) is 64.1. The third-order valence-electron chi connectivity index (χ3n) is 27.6. The van der Waals surface area contributed by atoms with Crippen LogP contribution < -0.4 is 40.6 Å². The fraction of sp³-hybridized carbons (Fsp3) is 0.0870. The number of fused-ring (bicyclic) bond motifs is 16. The van der Waals surface area contributed by atoms with Gasteiger partial charge in [-0.05, 0) is 273 Å². The molecule has 16 bridgehead atoms. The van der Waals surface area contributed by atoms with Crippen LogP contribution in [-0.4, -0.2) is 73.3 Å². The molecule has 18 nitrogen and oxygen atoms in total. The van der Waals surface area contributed by atoms with E-state index in [9.17, 15) is 0 Å². The molecule has 11 aromatic heterocycles. The van der Waals surface area contributed by atoms with Crippen LogP contribution in [0.2, 0.25) is 0 Å². The molecule has 0 saturated heterocycles. The smallest absolute Gasteiger partial charge is 0.664 e. The van der Waals surface area contributed by atoms with Gasteiger partial charge in [0.05, 0.1) is 90.3 Å². The quantitative estimate of drug-likeness (QED) is 0.107. The van der Waals surface area contributed by atoms with Gasteiger partial charge in [0, 0.05) is 77.1 Å². The summed E-state index contributed by atoms with van der Waals surface area (Å²) in [5, 5.41) is 2.55. The van der Waals surface area contributed by atoms with Crippen molar-refractivity contribution in [2.75, 3.05) is 0 Å². The van der Waals surface area contributed by atoms with E-state index in [4.69, 9.17) is 39.9 Å². The van der Waals surface area contributed by atoms with Crippen molar-refractivity contribution in [3.8, 4) is 22.3 Å². The first-order valence-electron chi connectivity index (χ1n) is 44.8. The Morgan fingerprint density at radius 2 is 0.676 bits per heavy atom. The summed E-state index contributed by atoms with van der Waals surface area (Å²) >= 11 is 0. The zero-order valence-corrected chi connectivity index (χ0v) is 85.3. The molecule has 14 aromatic rings. The number of H-pyrrole nitrogens is 1. The maximum Gasteiger partial charge on any atom is 2.00 e. The summed E-state index contributed by atoms with van der Waals surface area (Å²) in [6.07, 6.45) is 48.9. The van der Waals surface area contributed by atoms with Crippen LogP contribution in [0.3, 0.4) is 0 Å². The van der Waals surface area contributed by atoms with E-state index in [1.807, 2.05) is 97.9 Å². The van der Waals surface area contributed by atoms with Crippen molar-refractivity contribution in [2.24, 2.45) is 15.0 Å². The van der Waals surface area contributed by atoms with Crippen molar-refractivity contribution in [3.63, 3.8) is 0 Å². The van der Waals surface area contributed by atoms with Gasteiger partial charge < -0.3 is 34.9 Å². The molecular formula is C115H82N18Zn3+2. The van der Waals surface area contributed by atoms with Gasteiger partial charge in [0.25, 0.3) is 0 Å². The second-order valence-electron chi connectivity index (χ2n) is 34.9. The SMILES string of the molecule is CC1=C2C=CC3=[N+]2C24n5c1ccc5C(c1ccc(/C(=C5\C=CC=N5)c5ccc[nH]5)cc1)=C1C=CC(=[N+]12)C(C)=c1ccc(n14)=C3C.Cc1c2nc(c(C)c3ccc([n-]3)c(-c3ccc(C(=C4C=CC=N4)c4ccc[n-]4)cc3)c3nc(c(C)c4ccc1[n-]4)C=C3)C=C2.Cc1c2nc(c(C)c3ccc([n-]3)c(-c3ccc(C(=C4C=CC=N4)c4ccc[n-]4)cc3)c3nc(c(C)c4ccc1[n-]4)C=C3)C=C2.[Zn+2].[Zn+2].[Zn+2]. The van der Waals surface area contributed by atoms with Gasteiger partial charge in [-0.2, -0.15) is 21.5 Å². The van der Waals surface area contributed by atoms with Crippen molar-refractivity contribution >= 4 is 162 Å². The van der Waals surface area contributed by atoms with Crippen LogP contribution in [0.25, 0.3) is 154 Å². The number of hydrogen-bond acceptors (Lipinski definition) is 7. The third kappa shape index (κ3) is 13.5. The molecule has 21 heteroatoms. The number of allylic oxidation sites excluding steroid dienone is 11. The fourth-order valence-electron chi connectivity index (χ4n) is 20.6. The van der Waals surface area contributed by atoms with Crippen LogP contribution in [0.15, 0.2) is 305 Å². The normalized spacial score (nSPS) is 17.2. The number of aromatic amines is 1. The average molecular weight is 1910 g/mol. The molecule has 136 heavy (non-hydrogen) atoms. The fourth-order valence-corrected chi connectivity index (χ4v) is 20.6. The van der Waals surface area contributed by atoms with Crippen LogP contribution in [0.5, 0.6) is 0 Å². The van der Waals surface area contributed by atoms with Gasteiger partial charge in [-0.25, -0.2) is 19.9 Å². The van der Waals surface area contributed by atoms with Crippen molar-refractivity contribution in [3.05, 3.63) is 430 Å². The van der Waals surface area contributed by atoms with Crippen molar-refractivity contribution in [1.29, 1.82) is 0 Å². The number of aromatic nitrogens is 13. The molecule has 0 aliphatic carbocycles. The van der Waals surface area contributed by atoms with Crippen molar-refractivity contribution < 1.29 is 67.6 Å². The van der Waals surface area contributed by atoms with Gasteiger partial charge in [-0.15, -0.1) is 55.5 Å². The minimum atomic E-state index is -0.606. The predicted octanol–water partition coefficient (Wildman–Crippen LogP) is 20.8. The monoisotopic (exact) mass is 1910 g/mol. The Morgan fingerprint density at radius 1 is 0.316 bits per heavy atom. The Bertz CT molecular complexity index is 8400. The van der Waals surface area contributed by atoms with E-state index < -0.39 is 5.91 Å². The number of rotatable bonds is 9. The second-order valence-corrected chi connectivity index (χ2v) is 34.9. The first-order valence-corrected chi connectivity index (χ1v) is 44.8. The maximum absolute atomic E-state index is 5.13. The molecule has 0 radical (unpaired) electrons. The van der Waals surface area contributed by atoms with Gasteiger partial charge in [0.1, 0.15) is 0 Å². The molecule has 27 rings (SSSR count). The standard InChI is InChI=1S/C39H27N6.2C38H27N6.3Zn/c1-22-29-12-14-31-23(2)33-16-18-35-38(26-10-8-25(9-11-26)37(27-6-4-20-40-27)28-7-5-21-41-28)36-19-17-34-24(3)32-15-13-30(22)43(32)39(42(29)31,44(33)35)45(34)36;2*1-22-27-12-14-29(41-27)23(2)31-16-18-35(43-31)38(36-19-17-32(44-36)24(3)30-15-13-28(22)42-30)26-10-8-25(9-11-26)37(33-6-4-20-39-33)34-7-5-21-40-34;;;/h4-21H,1-3H3;2*4-21H,1-3H3;;;/q+1;2*-3;3*+2/p+1. The van der Waals surface area contributed by atoms with Crippen molar-refractivity contribution in [2.45, 2.75) is 68.2 Å². The minimum absolute atomic E-state index is 0. The Balaban J connectivity index is 0.000000117. The molecular weight excluding hydrogens is 1830 g/mol. The first kappa shape index (κ1) is 86.1. The van der Waals surface area contributed by atoms with Crippen LogP contribution >= 0.6 is 0 Å². The molecule has 1 atom stereocenters. The predicted molar refractivity (Wildman–Crippen MR) is 538 cm³/mol. The number of nitrogens with zero attached hydrogens (tertiary/aromatic N) is 17. The van der Waals surface area contributed by atoms with E-state index in [2.05, 4.69) is 341 Å². The number of aryl methyl sites for hydroxylation is 6. The zero-order chi connectivity index (χ0) is 89.3. The second kappa shape index (κ2) is 33.7. The van der Waals surface area contributed by atoms with Crippen LogP contribution in [-0.2, 0) is 64.3 Å². The zero-order valence-electron chi connectivity index (χ0n) is 76.4. The molecule has 0 saturated carbocycles. The number of nitrogens with one attached hydrogen (secondary N) is 1. The van der Waals surface area contributed by atoms with E-state index >= 15 is 0 Å². The average Bonchev–Trinajstić information content (AvgIpc) is 1.45. The largest absolute Gasteiger partial charge is 2.00 e. The van der Waals surface area contributed by atoms with Gasteiger partial charge in [-0.3, -0.25) is 15.0 Å². The van der Waals surface area contributed by atoms with E-state index in [1.165, 1.54) is 72.8 Å². The summed E-state index contributed by atoms with van der Waals surface area (Å²) in [6.45, 7) is 19.3. The number of benzene rings is 3. The molecule has 13 aliphatic heterocycles. The molecule has 1 unspecified atom stereocenters. The van der Waals surface area contributed by atoms with E-state index in [1.54, 1.807) is 0 Å². The van der Waals surface area contributed by atoms with Crippen LogP contribution in [0.1, 0.15) is 150 Å². The van der Waals surface area contributed by atoms with Crippen LogP contribution in [0.4, 0.5) is 0 Å². The Morgan fingerprint density at radius 3 is 1.07 bits per heavy atom. The Labute approximate surface area is 822 Å². The molecule has 1 spiro atoms. The molecule has 0 fully saturated rings. The van der Waals surface area contributed by atoms with Crippen molar-refractivity contribution in [1.82, 2.24) is 64.0 Å². The topological polar surface area (TPSA) is 205 Å². The van der Waals surface area contributed by atoms with Crippen LogP contribution in [0, 0.1) is 41.5 Å². The summed E-state index contributed by atoms with van der Waals surface area (Å²) in [5.41, 5.74) is 50.4.